The number of H-pyrrole nitrogens is 1. The molecule has 1 aromatic carbocycles. The average Bonchev–Trinajstić information content (AvgIpc) is 2.93. The van der Waals surface area contributed by atoms with Crippen LogP contribution in [0.25, 0.3) is 0 Å². The Balaban J connectivity index is 1.83. The van der Waals surface area contributed by atoms with E-state index in [1.807, 2.05) is 26.0 Å². The summed E-state index contributed by atoms with van der Waals surface area (Å²) in [6.45, 7) is 10.1. The lowest BCUT2D eigenvalue weighted by Gasteiger charge is -2.20. The van der Waals surface area contributed by atoms with E-state index in [1.54, 1.807) is 6.21 Å². The van der Waals surface area contributed by atoms with E-state index in [-0.39, 0.29) is 5.91 Å². The molecule has 0 bridgehead atoms. The second-order valence-electron chi connectivity index (χ2n) is 5.97. The van der Waals surface area contributed by atoms with Gasteiger partial charge < -0.3 is 4.90 Å². The highest BCUT2D eigenvalue weighted by Crippen LogP contribution is 2.14. The van der Waals surface area contributed by atoms with Crippen LogP contribution < -0.4 is 10.3 Å². The first kappa shape index (κ1) is 18.7. The van der Waals surface area contributed by atoms with Crippen molar-refractivity contribution in [1.29, 1.82) is 0 Å². The van der Waals surface area contributed by atoms with E-state index in [4.69, 9.17) is 0 Å². The van der Waals surface area contributed by atoms with E-state index in [1.165, 1.54) is 5.69 Å². The van der Waals surface area contributed by atoms with E-state index >= 15 is 0 Å². The van der Waals surface area contributed by atoms with Gasteiger partial charge in [0.05, 0.1) is 11.9 Å². The fraction of sp³-hybridized carbons (Fsp3) is 0.421. The van der Waals surface area contributed by atoms with Crippen LogP contribution in [0.2, 0.25) is 0 Å². The number of carbonyl (C=O) groups excluding carboxylic acids is 1. The fourth-order valence-electron chi connectivity index (χ4n) is 2.78. The monoisotopic (exact) mass is 341 g/mol. The van der Waals surface area contributed by atoms with Crippen LogP contribution in [-0.2, 0) is 11.2 Å². The quantitative estimate of drug-likeness (QED) is 0.573. The van der Waals surface area contributed by atoms with Crippen molar-refractivity contribution in [3.63, 3.8) is 0 Å². The van der Waals surface area contributed by atoms with Crippen LogP contribution in [0.5, 0.6) is 0 Å². The molecule has 1 amide bonds. The number of carbonyl (C=O) groups is 1. The van der Waals surface area contributed by atoms with Crippen LogP contribution >= 0.6 is 0 Å². The molecule has 0 fully saturated rings. The van der Waals surface area contributed by atoms with Gasteiger partial charge in [-0.05, 0) is 57.4 Å². The molecular formula is C19H27N5O. The Bertz CT molecular complexity index is 694. The SMILES string of the molecule is CCN(CC)c1ccc(/C=N\NC(=O)CCc2c(C)n[nH]c2C)cc1. The summed E-state index contributed by atoms with van der Waals surface area (Å²) < 4.78 is 0. The maximum atomic E-state index is 11.9. The molecule has 25 heavy (non-hydrogen) atoms. The summed E-state index contributed by atoms with van der Waals surface area (Å²) in [7, 11) is 0. The Labute approximate surface area is 149 Å². The second kappa shape index (κ2) is 9.01. The Morgan fingerprint density at radius 3 is 2.48 bits per heavy atom. The van der Waals surface area contributed by atoms with Gasteiger partial charge in [-0.3, -0.25) is 9.89 Å². The van der Waals surface area contributed by atoms with Crippen LogP contribution in [-0.4, -0.2) is 35.4 Å². The number of aryl methyl sites for hydroxylation is 2. The van der Waals surface area contributed by atoms with E-state index < -0.39 is 0 Å². The topological polar surface area (TPSA) is 73.4 Å². The number of nitrogens with zero attached hydrogens (tertiary/aromatic N) is 3. The maximum absolute atomic E-state index is 11.9. The van der Waals surface area contributed by atoms with Gasteiger partial charge in [-0.1, -0.05) is 12.1 Å². The van der Waals surface area contributed by atoms with E-state index in [0.29, 0.717) is 12.8 Å². The Morgan fingerprint density at radius 2 is 1.92 bits per heavy atom. The number of anilines is 1. The number of rotatable bonds is 8. The molecule has 0 aliphatic heterocycles. The maximum Gasteiger partial charge on any atom is 0.240 e. The number of benzene rings is 1. The van der Waals surface area contributed by atoms with Crippen molar-refractivity contribution in [2.24, 2.45) is 5.10 Å². The van der Waals surface area contributed by atoms with Crippen molar-refractivity contribution in [2.45, 2.75) is 40.5 Å². The van der Waals surface area contributed by atoms with Gasteiger partial charge in [-0.2, -0.15) is 10.2 Å². The zero-order valence-corrected chi connectivity index (χ0v) is 15.5. The summed E-state index contributed by atoms with van der Waals surface area (Å²) in [5.74, 6) is -0.101. The van der Waals surface area contributed by atoms with Crippen molar-refractivity contribution < 1.29 is 4.79 Å². The molecule has 0 unspecified atom stereocenters. The molecule has 6 nitrogen and oxygen atoms in total. The summed E-state index contributed by atoms with van der Waals surface area (Å²) in [5.41, 5.74) is 7.79. The number of hydrogen-bond acceptors (Lipinski definition) is 4. The Kier molecular flexibility index (Phi) is 6.74. The summed E-state index contributed by atoms with van der Waals surface area (Å²) in [6.07, 6.45) is 2.71. The highest BCUT2D eigenvalue weighted by molar-refractivity contribution is 5.83. The van der Waals surface area contributed by atoms with Crippen molar-refractivity contribution in [2.75, 3.05) is 18.0 Å². The molecule has 1 aromatic heterocycles. The minimum atomic E-state index is -0.101. The summed E-state index contributed by atoms with van der Waals surface area (Å²) in [6, 6.07) is 8.14. The molecule has 0 saturated carbocycles. The first-order valence-corrected chi connectivity index (χ1v) is 8.72. The first-order chi connectivity index (χ1) is 12.0. The minimum absolute atomic E-state index is 0.101. The third kappa shape index (κ3) is 5.17. The smallest absolute Gasteiger partial charge is 0.240 e. The Morgan fingerprint density at radius 1 is 1.24 bits per heavy atom. The third-order valence-electron chi connectivity index (χ3n) is 4.31. The highest BCUT2D eigenvalue weighted by Gasteiger charge is 2.08. The normalized spacial score (nSPS) is 11.0. The second-order valence-corrected chi connectivity index (χ2v) is 5.97. The van der Waals surface area contributed by atoms with Gasteiger partial charge in [0.15, 0.2) is 0 Å². The number of nitrogens with one attached hydrogen (secondary N) is 2. The standard InChI is InChI=1S/C19H27N5O/c1-5-24(6-2)17-9-7-16(8-10-17)13-20-23-19(25)12-11-18-14(3)21-22-15(18)4/h7-10,13H,5-6,11-12H2,1-4H3,(H,21,22)(H,23,25)/b20-13-. The van der Waals surface area contributed by atoms with Crippen LogP contribution in [0.1, 0.15) is 42.8 Å². The van der Waals surface area contributed by atoms with Gasteiger partial charge in [0.2, 0.25) is 5.91 Å². The zero-order valence-electron chi connectivity index (χ0n) is 15.5. The lowest BCUT2D eigenvalue weighted by molar-refractivity contribution is -0.121. The number of amides is 1. The number of aromatic nitrogens is 2. The van der Waals surface area contributed by atoms with Gasteiger partial charge in [-0.15, -0.1) is 0 Å². The average molecular weight is 341 g/mol. The van der Waals surface area contributed by atoms with E-state index in [2.05, 4.69) is 51.6 Å². The van der Waals surface area contributed by atoms with Crippen molar-refractivity contribution in [3.8, 4) is 0 Å². The highest BCUT2D eigenvalue weighted by atomic mass is 16.2. The van der Waals surface area contributed by atoms with Crippen molar-refractivity contribution >= 4 is 17.8 Å². The summed E-state index contributed by atoms with van der Waals surface area (Å²) in [5, 5.41) is 11.1. The molecule has 134 valence electrons. The molecule has 0 spiro atoms. The molecule has 0 radical (unpaired) electrons. The molecule has 1 heterocycles. The van der Waals surface area contributed by atoms with Gasteiger partial charge in [0, 0.05) is 30.9 Å². The van der Waals surface area contributed by atoms with Gasteiger partial charge in [0.25, 0.3) is 0 Å². The molecule has 0 aliphatic carbocycles. The molecule has 0 atom stereocenters. The lowest BCUT2D eigenvalue weighted by atomic mass is 10.1. The minimum Gasteiger partial charge on any atom is -0.372 e. The van der Waals surface area contributed by atoms with Gasteiger partial charge >= 0.3 is 0 Å². The van der Waals surface area contributed by atoms with Gasteiger partial charge in [0.1, 0.15) is 0 Å². The first-order valence-electron chi connectivity index (χ1n) is 8.72. The van der Waals surface area contributed by atoms with Crippen molar-refractivity contribution in [1.82, 2.24) is 15.6 Å². The molecule has 6 heteroatoms. The number of hydrogen-bond donors (Lipinski definition) is 2. The predicted octanol–water partition coefficient (Wildman–Crippen LogP) is 2.96. The van der Waals surface area contributed by atoms with Crippen molar-refractivity contribution in [3.05, 3.63) is 46.8 Å². The molecule has 0 aliphatic rings. The fourth-order valence-corrected chi connectivity index (χ4v) is 2.78. The molecule has 2 aromatic rings. The molecule has 2 N–H and O–H groups in total. The molecule has 0 saturated heterocycles. The Hall–Kier alpha value is -2.63. The predicted molar refractivity (Wildman–Crippen MR) is 102 cm³/mol. The molecular weight excluding hydrogens is 314 g/mol. The van der Waals surface area contributed by atoms with E-state index in [9.17, 15) is 4.79 Å². The number of aromatic amines is 1. The van der Waals surface area contributed by atoms with Crippen LogP contribution in [0.3, 0.4) is 0 Å². The summed E-state index contributed by atoms with van der Waals surface area (Å²) >= 11 is 0. The number of hydrazone groups is 1. The summed E-state index contributed by atoms with van der Waals surface area (Å²) in [4.78, 5) is 14.2. The van der Waals surface area contributed by atoms with Crippen LogP contribution in [0.4, 0.5) is 5.69 Å². The molecule has 2 rings (SSSR count). The van der Waals surface area contributed by atoms with Gasteiger partial charge in [-0.25, -0.2) is 5.43 Å². The zero-order chi connectivity index (χ0) is 18.2. The third-order valence-corrected chi connectivity index (χ3v) is 4.31. The van der Waals surface area contributed by atoms with E-state index in [0.717, 1.165) is 35.6 Å². The largest absolute Gasteiger partial charge is 0.372 e. The van der Waals surface area contributed by atoms with Crippen LogP contribution in [0, 0.1) is 13.8 Å². The van der Waals surface area contributed by atoms with Crippen LogP contribution in [0.15, 0.2) is 29.4 Å². The lowest BCUT2D eigenvalue weighted by Crippen LogP contribution is -2.21.